The maximum Gasteiger partial charge on any atom is 2.00 e. The summed E-state index contributed by atoms with van der Waals surface area (Å²) in [4.78, 5) is 56.4. The molecule has 1 saturated carbocycles. The number of aliphatic hydroxyl groups is 3. The zero-order chi connectivity index (χ0) is 35.7. The van der Waals surface area contributed by atoms with Gasteiger partial charge in [0.25, 0.3) is 5.91 Å². The fraction of sp³-hybridized carbons (Fsp3) is 0.281. The fourth-order valence-electron chi connectivity index (χ4n) is 6.58. The molecule has 6 atom stereocenters. The van der Waals surface area contributed by atoms with Crippen molar-refractivity contribution in [3.63, 3.8) is 0 Å². The number of hydrogen-bond acceptors (Lipinski definition) is 14. The van der Waals surface area contributed by atoms with Crippen LogP contribution in [0, 0.1) is 27.2 Å². The molecule has 17 nitrogen and oxygen atoms in total. The van der Waals surface area contributed by atoms with E-state index in [0.717, 1.165) is 11.4 Å². The number of phenols is 1. The summed E-state index contributed by atoms with van der Waals surface area (Å²) in [6.07, 6.45) is 1.91. The maximum absolute atomic E-state index is 13.6. The van der Waals surface area contributed by atoms with Gasteiger partial charge in [0, 0.05) is 29.8 Å². The van der Waals surface area contributed by atoms with Crippen LogP contribution in [0.1, 0.15) is 24.0 Å². The molecule has 0 saturated heterocycles. The van der Waals surface area contributed by atoms with Crippen LogP contribution >= 0.6 is 0 Å². The van der Waals surface area contributed by atoms with Crippen LogP contribution in [0.2, 0.25) is 0 Å². The zero-order valence-electron chi connectivity index (χ0n) is 26.6. The molecule has 3 aliphatic carbocycles. The Morgan fingerprint density at radius 2 is 1.50 bits per heavy atom. The number of aromatic nitrogens is 2. The van der Waals surface area contributed by atoms with Crippen LogP contribution in [0.4, 0.5) is 0 Å². The van der Waals surface area contributed by atoms with Crippen molar-refractivity contribution in [3.8, 4) is 17.1 Å². The molecule has 2 heterocycles. The molecule has 0 unspecified atom stereocenters. The van der Waals surface area contributed by atoms with Gasteiger partial charge in [-0.2, -0.15) is 0 Å². The molecule has 1 radical (unpaired) electrons. The Morgan fingerprint density at radius 1 is 0.980 bits per heavy atom. The van der Waals surface area contributed by atoms with Crippen molar-refractivity contribution in [2.24, 2.45) is 17.6 Å². The van der Waals surface area contributed by atoms with Crippen molar-refractivity contribution in [2.75, 3.05) is 14.1 Å². The first-order valence-electron chi connectivity index (χ1n) is 14.3. The van der Waals surface area contributed by atoms with Gasteiger partial charge in [0.05, 0.1) is 39.8 Å². The normalized spacial score (nSPS) is 24.8. The molecular formula is C32H33CuN5O12. The number of amides is 1. The quantitative estimate of drug-likeness (QED) is 0.0967. The van der Waals surface area contributed by atoms with E-state index in [2.05, 4.69) is 9.97 Å². The number of benzene rings is 1. The van der Waals surface area contributed by atoms with Crippen molar-refractivity contribution >= 4 is 23.2 Å². The summed E-state index contributed by atoms with van der Waals surface area (Å²) in [5.41, 5.74) is 2.96. The van der Waals surface area contributed by atoms with E-state index < -0.39 is 80.7 Å². The van der Waals surface area contributed by atoms with Crippen molar-refractivity contribution in [2.45, 2.75) is 30.6 Å². The van der Waals surface area contributed by atoms with E-state index in [4.69, 9.17) is 21.1 Å². The van der Waals surface area contributed by atoms with E-state index in [1.807, 2.05) is 36.4 Å². The minimum atomic E-state index is -3.01. The topological polar surface area (TPSA) is 308 Å². The summed E-state index contributed by atoms with van der Waals surface area (Å²) in [5.74, 6) is -9.46. The summed E-state index contributed by atoms with van der Waals surface area (Å²) in [6, 6.07) is 14.7. The predicted octanol–water partition coefficient (Wildman–Crippen LogP) is -0.625. The largest absolute Gasteiger partial charge is 2.00 e. The number of likely N-dealkylation sites (N-methyl/N-ethyl adjacent to an activating group) is 1. The molecule has 3 aromatic rings. The molecule has 8 N–H and O–H groups in total. The van der Waals surface area contributed by atoms with Gasteiger partial charge in [-0.3, -0.25) is 29.3 Å². The van der Waals surface area contributed by atoms with Crippen LogP contribution in [0.5, 0.6) is 5.75 Å². The first-order chi connectivity index (χ1) is 22.6. The van der Waals surface area contributed by atoms with E-state index in [1.165, 1.54) is 25.1 Å². The number of nitrogens with two attached hydrogens (primary N) is 1. The van der Waals surface area contributed by atoms with Crippen LogP contribution in [0.25, 0.3) is 17.1 Å². The predicted molar refractivity (Wildman–Crippen MR) is 169 cm³/mol. The van der Waals surface area contributed by atoms with Gasteiger partial charge < -0.3 is 52.1 Å². The van der Waals surface area contributed by atoms with Gasteiger partial charge in [-0.25, -0.2) is 0 Å². The second-order valence-electron chi connectivity index (χ2n) is 11.4. The Kier molecular flexibility index (Phi) is 13.1. The Bertz CT molecular complexity index is 1780. The van der Waals surface area contributed by atoms with Gasteiger partial charge in [-0.05, 0) is 55.9 Å². The molecule has 50 heavy (non-hydrogen) atoms. The van der Waals surface area contributed by atoms with Gasteiger partial charge in [0.2, 0.25) is 0 Å². The molecule has 0 spiro atoms. The van der Waals surface area contributed by atoms with Crippen LogP contribution < -0.4 is 10.8 Å². The molecule has 6 rings (SSSR count). The standard InChI is InChI=1S/C22H24N2O8.C10H8N2.Cu.NO3.H2O/c1-7-8-5-4-6-9(25)11(8)16(26)12-10(7)17(27)14-15(24(2)3)18(28)13(21(23)31)20(30)22(14,32)19(12)29;1-3-7-11-9(5-1)10-6-2-4-8-12-10;;2-1(3)4;/h4-7,10,14-15,17,25-27,30,32H,1-3H3,(H2,23,31);1-8H;;;1H2/q;;+2;-1;/p-1/t7-,10+,14+,15-,17-,22-;;;;/m0..../s1. The number of fused-ring (bicyclic) bond motifs is 3. The SMILES string of the molecule is C[C@H]1c2cccc(O)c2C(O)=C2C(=O)[C@]3(O)C([O-])=C(C(N)=O)C(=O)[C@@H](N(C)C)[C@@H]3[C@@H](O)[C@@H]21.O.O=[N+]([O-])[O-].[Cu+2].c1ccc(-c2ccccn2)nc1. The molecule has 3 aliphatic rings. The average molecular weight is 743 g/mol. The van der Waals surface area contributed by atoms with Crippen LogP contribution in [-0.2, 0) is 31.5 Å². The number of ketones is 2. The zero-order valence-corrected chi connectivity index (χ0v) is 27.5. The van der Waals surface area contributed by atoms with Gasteiger partial charge in [-0.15, -0.1) is 0 Å². The van der Waals surface area contributed by atoms with E-state index in [-0.39, 0.29) is 33.9 Å². The molecule has 18 heteroatoms. The van der Waals surface area contributed by atoms with Crippen molar-refractivity contribution in [1.29, 1.82) is 0 Å². The molecule has 0 bridgehead atoms. The van der Waals surface area contributed by atoms with Crippen molar-refractivity contribution in [1.82, 2.24) is 14.9 Å². The summed E-state index contributed by atoms with van der Waals surface area (Å²) < 4.78 is 0. The van der Waals surface area contributed by atoms with Gasteiger partial charge in [-0.1, -0.05) is 36.9 Å². The van der Waals surface area contributed by atoms with E-state index >= 15 is 0 Å². The third kappa shape index (κ3) is 7.07. The third-order valence-electron chi connectivity index (χ3n) is 8.56. The summed E-state index contributed by atoms with van der Waals surface area (Å²) in [7, 11) is 2.88. The number of aliphatic hydroxyl groups excluding tert-OH is 2. The van der Waals surface area contributed by atoms with Gasteiger partial charge in [0.1, 0.15) is 17.1 Å². The number of hydrogen-bond donors (Lipinski definition) is 5. The third-order valence-corrected chi connectivity index (χ3v) is 8.56. The van der Waals surface area contributed by atoms with E-state index in [9.17, 15) is 39.9 Å². The molecule has 0 aliphatic heterocycles. The number of Topliss-reactive ketones (excluding diaryl/α,β-unsaturated/α-hetero) is 2. The fourth-order valence-corrected chi connectivity index (χ4v) is 6.58. The molecule has 1 aromatic carbocycles. The molecule has 269 valence electrons. The number of carbonyl (C=O) groups is 3. The summed E-state index contributed by atoms with van der Waals surface area (Å²) in [6.45, 7) is 1.66. The Balaban J connectivity index is 0.000000400. The first-order valence-corrected chi connectivity index (χ1v) is 14.3. The van der Waals surface area contributed by atoms with Crippen LogP contribution in [0.15, 0.2) is 83.9 Å². The molecule has 1 fully saturated rings. The smallest absolute Gasteiger partial charge is 0.873 e. The number of primary amides is 1. The number of nitrogens with zero attached hydrogens (tertiary/aromatic N) is 4. The number of aromatic hydroxyl groups is 1. The minimum Gasteiger partial charge on any atom is -0.873 e. The van der Waals surface area contributed by atoms with Crippen molar-refractivity contribution < 1.29 is 67.5 Å². The van der Waals surface area contributed by atoms with Crippen LogP contribution in [-0.4, -0.2) is 95.2 Å². The van der Waals surface area contributed by atoms with Gasteiger partial charge in [0.15, 0.2) is 11.6 Å². The number of carbonyl (C=O) groups excluding carboxylic acids is 3. The Morgan fingerprint density at radius 3 is 1.94 bits per heavy atom. The van der Waals surface area contributed by atoms with Crippen molar-refractivity contribution in [3.05, 3.63) is 110 Å². The number of pyridine rings is 2. The molecule has 2 aromatic heterocycles. The molecule has 1 amide bonds. The monoisotopic (exact) mass is 742 g/mol. The van der Waals surface area contributed by atoms with E-state index in [1.54, 1.807) is 31.5 Å². The number of rotatable bonds is 3. The van der Waals surface area contributed by atoms with E-state index in [0.29, 0.717) is 5.56 Å². The first kappa shape index (κ1) is 40.9. The summed E-state index contributed by atoms with van der Waals surface area (Å²) in [5, 5.41) is 71.9. The second kappa shape index (κ2) is 16.0. The molecular weight excluding hydrogens is 710 g/mol. The number of phenolic OH excluding ortho intramolecular Hbond substituents is 1. The van der Waals surface area contributed by atoms with Crippen LogP contribution in [0.3, 0.4) is 0 Å². The second-order valence-corrected chi connectivity index (χ2v) is 11.4. The minimum absolute atomic E-state index is 0. The van der Waals surface area contributed by atoms with Gasteiger partial charge >= 0.3 is 17.1 Å². The Labute approximate surface area is 294 Å². The Hall–Kier alpha value is -5.23. The summed E-state index contributed by atoms with van der Waals surface area (Å²) >= 11 is 0. The average Bonchev–Trinajstić information content (AvgIpc) is 3.03. The maximum atomic E-state index is 13.6.